The lowest BCUT2D eigenvalue weighted by atomic mass is 9.93. The molecular formula is C67H112O9Si. The normalized spacial score (nSPS) is 11.8. The number of ether oxygens (including phenoxy) is 6. The van der Waals surface area contributed by atoms with Crippen molar-refractivity contribution in [2.24, 2.45) is 0 Å². The molecule has 0 unspecified atom stereocenters. The van der Waals surface area contributed by atoms with Gasteiger partial charge in [-0.2, -0.15) is 0 Å². The van der Waals surface area contributed by atoms with Crippen LogP contribution in [0.1, 0.15) is 254 Å². The third-order valence-electron chi connectivity index (χ3n) is 14.9. The molecule has 0 saturated carbocycles. The summed E-state index contributed by atoms with van der Waals surface area (Å²) in [6.07, 6.45) is 37.0. The summed E-state index contributed by atoms with van der Waals surface area (Å²) in [5, 5.41) is 6.66. The highest BCUT2D eigenvalue weighted by molar-refractivity contribution is 6.60. The molecule has 0 amide bonds. The molecule has 0 aliphatic carbocycles. The predicted octanol–water partition coefficient (Wildman–Crippen LogP) is 20.7. The Morgan fingerprint density at radius 1 is 0.234 bits per heavy atom. The van der Waals surface area contributed by atoms with Gasteiger partial charge in [-0.05, 0) is 134 Å². The van der Waals surface area contributed by atoms with E-state index >= 15 is 0 Å². The molecule has 4 rings (SSSR count). The SMILES string of the molecule is CCCCCOc1cc2c3cc(OCCCCC)c(OCCCCC)cc3c3cc(OCCCCCCCCCCCCCCCCCC[Si](OCC)(OCC)OCC)c(OCCCCC)cc3c2cc1OCCCCC. The Morgan fingerprint density at radius 3 is 0.610 bits per heavy atom. The van der Waals surface area contributed by atoms with E-state index in [2.05, 4.69) is 71.0 Å². The van der Waals surface area contributed by atoms with Crippen LogP contribution in [-0.2, 0) is 13.3 Å². The summed E-state index contributed by atoms with van der Waals surface area (Å²) in [5.74, 6) is 4.83. The zero-order valence-electron chi connectivity index (χ0n) is 50.6. The Morgan fingerprint density at radius 2 is 0.416 bits per heavy atom. The zero-order valence-corrected chi connectivity index (χ0v) is 51.6. The third kappa shape index (κ3) is 24.4. The summed E-state index contributed by atoms with van der Waals surface area (Å²) in [5.41, 5.74) is 0. The van der Waals surface area contributed by atoms with Crippen LogP contribution in [0.4, 0.5) is 0 Å². The van der Waals surface area contributed by atoms with Gasteiger partial charge in [-0.3, -0.25) is 0 Å². The largest absolute Gasteiger partial charge is 0.500 e. The second-order valence-corrected chi connectivity index (χ2v) is 24.3. The van der Waals surface area contributed by atoms with Crippen molar-refractivity contribution < 1.29 is 41.7 Å². The summed E-state index contributed by atoms with van der Waals surface area (Å²) in [4.78, 5) is 0. The van der Waals surface area contributed by atoms with Crippen molar-refractivity contribution in [2.45, 2.75) is 260 Å². The average Bonchev–Trinajstić information content (AvgIpc) is 3.45. The van der Waals surface area contributed by atoms with Crippen molar-refractivity contribution in [1.82, 2.24) is 0 Å². The van der Waals surface area contributed by atoms with Crippen molar-refractivity contribution in [1.29, 1.82) is 0 Å². The van der Waals surface area contributed by atoms with Crippen molar-refractivity contribution in [2.75, 3.05) is 59.5 Å². The van der Waals surface area contributed by atoms with Gasteiger partial charge in [0.15, 0.2) is 34.5 Å². The molecular weight excluding hydrogens is 977 g/mol. The van der Waals surface area contributed by atoms with Gasteiger partial charge in [-0.15, -0.1) is 0 Å². The quantitative estimate of drug-likeness (QED) is 0.0244. The topological polar surface area (TPSA) is 83.1 Å². The first kappa shape index (κ1) is 66.1. The predicted molar refractivity (Wildman–Crippen MR) is 329 cm³/mol. The maximum absolute atomic E-state index is 6.79. The third-order valence-corrected chi connectivity index (χ3v) is 18.0. The fourth-order valence-electron chi connectivity index (χ4n) is 10.5. The molecule has 0 atom stereocenters. The van der Waals surface area contributed by atoms with Crippen molar-refractivity contribution >= 4 is 41.1 Å². The van der Waals surface area contributed by atoms with Crippen LogP contribution in [0.3, 0.4) is 0 Å². The minimum atomic E-state index is -2.49. The van der Waals surface area contributed by atoms with E-state index in [0.29, 0.717) is 59.5 Å². The van der Waals surface area contributed by atoms with Crippen LogP contribution in [-0.4, -0.2) is 68.3 Å². The van der Waals surface area contributed by atoms with Gasteiger partial charge in [0.25, 0.3) is 0 Å². The molecule has 0 spiro atoms. The highest BCUT2D eigenvalue weighted by Crippen LogP contribution is 2.47. The summed E-state index contributed by atoms with van der Waals surface area (Å²) < 4.78 is 58.1. The number of hydrogen-bond donors (Lipinski definition) is 0. The molecule has 4 aromatic rings. The van der Waals surface area contributed by atoms with Gasteiger partial charge in [0.05, 0.1) is 39.6 Å². The van der Waals surface area contributed by atoms with E-state index in [1.165, 1.54) is 89.9 Å². The minimum Gasteiger partial charge on any atom is -0.490 e. The molecule has 0 fully saturated rings. The van der Waals surface area contributed by atoms with E-state index in [9.17, 15) is 0 Å². The summed E-state index contributed by atoms with van der Waals surface area (Å²) >= 11 is 0. The zero-order chi connectivity index (χ0) is 55.0. The van der Waals surface area contributed by atoms with Crippen molar-refractivity contribution in [3.8, 4) is 34.5 Å². The van der Waals surface area contributed by atoms with Crippen LogP contribution < -0.4 is 28.4 Å². The fourth-order valence-corrected chi connectivity index (χ4v) is 13.2. The number of benzene rings is 4. The monoisotopic (exact) mass is 1090 g/mol. The maximum Gasteiger partial charge on any atom is 0.500 e. The van der Waals surface area contributed by atoms with Crippen LogP contribution >= 0.6 is 0 Å². The lowest BCUT2D eigenvalue weighted by molar-refractivity contribution is 0.0706. The summed E-state index contributed by atoms with van der Waals surface area (Å²) in [6, 6.07) is 14.3. The molecule has 0 N–H and O–H groups in total. The molecule has 4 aromatic carbocycles. The second kappa shape index (κ2) is 41.6. The van der Waals surface area contributed by atoms with Gasteiger partial charge >= 0.3 is 8.80 Å². The van der Waals surface area contributed by atoms with Gasteiger partial charge in [0.2, 0.25) is 0 Å². The Balaban J connectivity index is 1.44. The van der Waals surface area contributed by atoms with Crippen LogP contribution in [0.2, 0.25) is 6.04 Å². The number of rotatable bonds is 51. The van der Waals surface area contributed by atoms with E-state index in [1.807, 2.05) is 20.8 Å². The molecule has 0 aliphatic heterocycles. The maximum atomic E-state index is 6.79. The fraction of sp³-hybridized carbons (Fsp3) is 0.731. The highest BCUT2D eigenvalue weighted by atomic mass is 28.4. The molecule has 0 bridgehead atoms. The Bertz CT molecular complexity index is 2060. The van der Waals surface area contributed by atoms with Crippen LogP contribution in [0.25, 0.3) is 32.3 Å². The number of hydrogen-bond acceptors (Lipinski definition) is 9. The first-order valence-electron chi connectivity index (χ1n) is 32.2. The van der Waals surface area contributed by atoms with E-state index in [0.717, 1.165) is 182 Å². The summed E-state index contributed by atoms with van der Waals surface area (Å²) in [7, 11) is -2.49. The average molecular weight is 1090 g/mol. The minimum absolute atomic E-state index is 0.654. The van der Waals surface area contributed by atoms with Crippen LogP contribution in [0, 0.1) is 0 Å². The van der Waals surface area contributed by atoms with E-state index in [4.69, 9.17) is 41.7 Å². The van der Waals surface area contributed by atoms with Gasteiger partial charge in [0.1, 0.15) is 0 Å². The summed E-state index contributed by atoms with van der Waals surface area (Å²) in [6.45, 7) is 23.2. The van der Waals surface area contributed by atoms with E-state index in [1.54, 1.807) is 0 Å². The second-order valence-electron chi connectivity index (χ2n) is 21.5. The van der Waals surface area contributed by atoms with Gasteiger partial charge < -0.3 is 41.7 Å². The molecule has 438 valence electrons. The lowest BCUT2D eigenvalue weighted by Gasteiger charge is -2.28. The Labute approximate surface area is 471 Å². The molecule has 0 heterocycles. The van der Waals surface area contributed by atoms with Crippen molar-refractivity contribution in [3.05, 3.63) is 36.4 Å². The standard InChI is InChI=1S/C67H112O9Si/c1-9-17-36-43-68-62-50-56-57-51-63(69-44-37-18-10-2)65(71-46-39-20-12-4)53-59(57)61-55-67(66(72-47-40-21-13-5)54-60(61)58(56)52-64(62)70-45-38-19-11-3)73-48-41-34-32-30-28-26-24-22-23-25-27-29-31-33-35-42-49-77(74-14-6,75-15-7)76-16-8/h50-55H,9-49H2,1-8H3. The Kier molecular flexibility index (Phi) is 35.7. The smallest absolute Gasteiger partial charge is 0.490 e. The first-order valence-corrected chi connectivity index (χ1v) is 34.1. The lowest BCUT2D eigenvalue weighted by Crippen LogP contribution is -2.45. The molecule has 0 radical (unpaired) electrons. The molecule has 0 aliphatic rings. The highest BCUT2D eigenvalue weighted by Gasteiger charge is 2.39. The molecule has 77 heavy (non-hydrogen) atoms. The van der Waals surface area contributed by atoms with Gasteiger partial charge in [-0.1, -0.05) is 189 Å². The molecule has 10 heteroatoms. The number of fused-ring (bicyclic) bond motifs is 6. The molecule has 0 aromatic heterocycles. The first-order chi connectivity index (χ1) is 37.9. The van der Waals surface area contributed by atoms with E-state index in [-0.39, 0.29) is 0 Å². The Hall–Kier alpha value is -3.44. The number of unbranched alkanes of at least 4 members (excludes halogenated alkanes) is 25. The van der Waals surface area contributed by atoms with Crippen molar-refractivity contribution in [3.63, 3.8) is 0 Å². The van der Waals surface area contributed by atoms with Crippen LogP contribution in [0.5, 0.6) is 34.5 Å². The molecule has 9 nitrogen and oxygen atoms in total. The van der Waals surface area contributed by atoms with Gasteiger partial charge in [0, 0.05) is 25.9 Å². The molecule has 0 saturated heterocycles. The van der Waals surface area contributed by atoms with E-state index < -0.39 is 8.80 Å². The van der Waals surface area contributed by atoms with Gasteiger partial charge in [-0.25, -0.2) is 0 Å². The van der Waals surface area contributed by atoms with Crippen LogP contribution in [0.15, 0.2) is 36.4 Å².